The predicted molar refractivity (Wildman–Crippen MR) is 83.3 cm³/mol. The van der Waals surface area contributed by atoms with E-state index in [1.807, 2.05) is 12.1 Å². The van der Waals surface area contributed by atoms with Crippen molar-refractivity contribution in [1.29, 1.82) is 0 Å². The zero-order valence-corrected chi connectivity index (χ0v) is 12.4. The number of hydrogen-bond donors (Lipinski definition) is 1. The monoisotopic (exact) mass is 273 g/mol. The van der Waals surface area contributed by atoms with E-state index in [0.29, 0.717) is 0 Å². The number of benzene rings is 2. The highest BCUT2D eigenvalue weighted by atomic mass is 32.2. The van der Waals surface area contributed by atoms with Crippen molar-refractivity contribution in [3.63, 3.8) is 0 Å². The molecule has 2 aromatic rings. The number of rotatable bonds is 5. The Balaban J connectivity index is 1.99. The molecule has 19 heavy (non-hydrogen) atoms. The van der Waals surface area contributed by atoms with Gasteiger partial charge in [-0.05, 0) is 54.6 Å². The minimum absolute atomic E-state index is 0.834. The molecule has 0 fully saturated rings. The van der Waals surface area contributed by atoms with Crippen molar-refractivity contribution in [2.24, 2.45) is 0 Å². The minimum Gasteiger partial charge on any atom is -0.496 e. The molecule has 0 radical (unpaired) electrons. The topological polar surface area (TPSA) is 21.3 Å². The van der Waals surface area contributed by atoms with Gasteiger partial charge < -0.3 is 10.1 Å². The first kappa shape index (κ1) is 13.8. The summed E-state index contributed by atoms with van der Waals surface area (Å²) in [6.45, 7) is 2.89. The molecule has 0 amide bonds. The van der Waals surface area contributed by atoms with Gasteiger partial charge in [-0.25, -0.2) is 0 Å². The standard InChI is InChI=1S/C16H19NOS/c1-12-10-14(6-9-16(12)18-2)17-11-13-4-7-15(19-3)8-5-13/h4-10,17H,11H2,1-3H3. The van der Waals surface area contributed by atoms with Crippen LogP contribution in [0.25, 0.3) is 0 Å². The normalized spacial score (nSPS) is 10.3. The van der Waals surface area contributed by atoms with Crippen LogP contribution in [-0.4, -0.2) is 13.4 Å². The van der Waals surface area contributed by atoms with E-state index in [1.165, 1.54) is 10.5 Å². The predicted octanol–water partition coefficient (Wildman–Crippen LogP) is 4.34. The second-order valence-electron chi connectivity index (χ2n) is 4.39. The summed E-state index contributed by atoms with van der Waals surface area (Å²) >= 11 is 1.76. The number of ether oxygens (including phenoxy) is 1. The molecule has 0 saturated heterocycles. The Morgan fingerprint density at radius 1 is 1.11 bits per heavy atom. The minimum atomic E-state index is 0.834. The average Bonchev–Trinajstić information content (AvgIpc) is 2.46. The quantitative estimate of drug-likeness (QED) is 0.819. The van der Waals surface area contributed by atoms with Crippen LogP contribution in [0.5, 0.6) is 5.75 Å². The Labute approximate surface area is 119 Å². The first-order valence-electron chi connectivity index (χ1n) is 6.24. The van der Waals surface area contributed by atoms with Gasteiger partial charge in [-0.3, -0.25) is 0 Å². The molecule has 0 aliphatic heterocycles. The van der Waals surface area contributed by atoms with Crippen LogP contribution >= 0.6 is 11.8 Å². The van der Waals surface area contributed by atoms with E-state index in [2.05, 4.69) is 48.8 Å². The number of aryl methyl sites for hydroxylation is 1. The third kappa shape index (κ3) is 3.67. The van der Waals surface area contributed by atoms with Crippen LogP contribution in [0.3, 0.4) is 0 Å². The molecule has 0 aliphatic rings. The molecule has 3 heteroatoms. The van der Waals surface area contributed by atoms with Crippen molar-refractivity contribution in [1.82, 2.24) is 0 Å². The van der Waals surface area contributed by atoms with Gasteiger partial charge in [0.2, 0.25) is 0 Å². The van der Waals surface area contributed by atoms with Crippen molar-refractivity contribution >= 4 is 17.4 Å². The van der Waals surface area contributed by atoms with Gasteiger partial charge in [0, 0.05) is 17.1 Å². The highest BCUT2D eigenvalue weighted by Crippen LogP contribution is 2.22. The van der Waals surface area contributed by atoms with Crippen molar-refractivity contribution < 1.29 is 4.74 Å². The Morgan fingerprint density at radius 2 is 1.84 bits per heavy atom. The Morgan fingerprint density at radius 3 is 2.42 bits per heavy atom. The number of methoxy groups -OCH3 is 1. The lowest BCUT2D eigenvalue weighted by atomic mass is 10.2. The van der Waals surface area contributed by atoms with E-state index in [4.69, 9.17) is 4.74 Å². The number of hydrogen-bond acceptors (Lipinski definition) is 3. The summed E-state index contributed by atoms with van der Waals surface area (Å²) in [5.41, 5.74) is 3.55. The SMILES string of the molecule is COc1ccc(NCc2ccc(SC)cc2)cc1C. The van der Waals surface area contributed by atoms with Gasteiger partial charge in [0.1, 0.15) is 5.75 Å². The summed E-state index contributed by atoms with van der Waals surface area (Å²) in [6, 6.07) is 14.8. The van der Waals surface area contributed by atoms with E-state index in [-0.39, 0.29) is 0 Å². The summed E-state index contributed by atoms with van der Waals surface area (Å²) in [5.74, 6) is 0.926. The first-order valence-corrected chi connectivity index (χ1v) is 7.47. The maximum atomic E-state index is 5.26. The number of nitrogens with one attached hydrogen (secondary N) is 1. The lowest BCUT2D eigenvalue weighted by Gasteiger charge is -2.10. The zero-order chi connectivity index (χ0) is 13.7. The van der Waals surface area contributed by atoms with Gasteiger partial charge in [-0.1, -0.05) is 12.1 Å². The number of thioether (sulfide) groups is 1. The van der Waals surface area contributed by atoms with Gasteiger partial charge in [0.25, 0.3) is 0 Å². The molecule has 0 heterocycles. The molecular formula is C16H19NOS. The van der Waals surface area contributed by atoms with Crippen LogP contribution in [0.2, 0.25) is 0 Å². The van der Waals surface area contributed by atoms with Crippen LogP contribution in [0, 0.1) is 6.92 Å². The van der Waals surface area contributed by atoms with Crippen molar-refractivity contribution in [3.05, 3.63) is 53.6 Å². The van der Waals surface area contributed by atoms with Crippen LogP contribution in [0.4, 0.5) is 5.69 Å². The average molecular weight is 273 g/mol. The fourth-order valence-corrected chi connectivity index (χ4v) is 2.34. The summed E-state index contributed by atoms with van der Waals surface area (Å²) in [7, 11) is 1.70. The van der Waals surface area contributed by atoms with Crippen molar-refractivity contribution in [3.8, 4) is 5.75 Å². The van der Waals surface area contributed by atoms with Crippen LogP contribution in [0.1, 0.15) is 11.1 Å². The molecule has 2 aromatic carbocycles. The van der Waals surface area contributed by atoms with E-state index < -0.39 is 0 Å². The molecule has 2 rings (SSSR count). The fraction of sp³-hybridized carbons (Fsp3) is 0.250. The molecule has 0 spiro atoms. The lowest BCUT2D eigenvalue weighted by Crippen LogP contribution is -1.99. The molecule has 0 saturated carbocycles. The lowest BCUT2D eigenvalue weighted by molar-refractivity contribution is 0.412. The second-order valence-corrected chi connectivity index (χ2v) is 5.27. The maximum absolute atomic E-state index is 5.26. The van der Waals surface area contributed by atoms with Gasteiger partial charge in [0.05, 0.1) is 7.11 Å². The van der Waals surface area contributed by atoms with Crippen LogP contribution in [-0.2, 0) is 6.54 Å². The molecule has 0 unspecified atom stereocenters. The molecule has 0 bridgehead atoms. The van der Waals surface area contributed by atoms with Gasteiger partial charge in [-0.2, -0.15) is 0 Å². The Hall–Kier alpha value is -1.61. The summed E-state index contributed by atoms with van der Waals surface area (Å²) in [4.78, 5) is 1.30. The molecule has 0 atom stereocenters. The smallest absolute Gasteiger partial charge is 0.121 e. The largest absolute Gasteiger partial charge is 0.496 e. The summed E-state index contributed by atoms with van der Waals surface area (Å²) < 4.78 is 5.26. The first-order chi connectivity index (χ1) is 9.22. The Bertz CT molecular complexity index is 537. The summed E-state index contributed by atoms with van der Waals surface area (Å²) in [5, 5.41) is 3.43. The third-order valence-electron chi connectivity index (χ3n) is 3.05. The molecule has 0 aromatic heterocycles. The summed E-state index contributed by atoms with van der Waals surface area (Å²) in [6.07, 6.45) is 2.09. The second kappa shape index (κ2) is 6.53. The molecule has 2 nitrogen and oxygen atoms in total. The van der Waals surface area contributed by atoms with Crippen LogP contribution in [0.15, 0.2) is 47.4 Å². The molecule has 100 valence electrons. The van der Waals surface area contributed by atoms with Gasteiger partial charge in [-0.15, -0.1) is 11.8 Å². The highest BCUT2D eigenvalue weighted by molar-refractivity contribution is 7.98. The van der Waals surface area contributed by atoms with E-state index in [9.17, 15) is 0 Å². The third-order valence-corrected chi connectivity index (χ3v) is 3.79. The van der Waals surface area contributed by atoms with Crippen molar-refractivity contribution in [2.45, 2.75) is 18.4 Å². The van der Waals surface area contributed by atoms with Crippen LogP contribution < -0.4 is 10.1 Å². The Kier molecular flexibility index (Phi) is 4.74. The molecular weight excluding hydrogens is 254 g/mol. The highest BCUT2D eigenvalue weighted by Gasteiger charge is 2.00. The fourth-order valence-electron chi connectivity index (χ4n) is 1.94. The molecule has 1 N–H and O–H groups in total. The van der Waals surface area contributed by atoms with Crippen molar-refractivity contribution in [2.75, 3.05) is 18.7 Å². The maximum Gasteiger partial charge on any atom is 0.121 e. The van der Waals surface area contributed by atoms with Gasteiger partial charge >= 0.3 is 0 Å². The zero-order valence-electron chi connectivity index (χ0n) is 11.6. The molecule has 0 aliphatic carbocycles. The van der Waals surface area contributed by atoms with E-state index in [0.717, 1.165) is 23.5 Å². The van der Waals surface area contributed by atoms with E-state index >= 15 is 0 Å². The van der Waals surface area contributed by atoms with Gasteiger partial charge in [0.15, 0.2) is 0 Å². The number of anilines is 1. The van der Waals surface area contributed by atoms with E-state index in [1.54, 1.807) is 18.9 Å².